The second-order valence-electron chi connectivity index (χ2n) is 3.55. The van der Waals surface area contributed by atoms with Gasteiger partial charge in [0.1, 0.15) is 5.75 Å². The molecular weight excluding hydrogens is 282 g/mol. The quantitative estimate of drug-likeness (QED) is 0.946. The first-order valence-corrected chi connectivity index (χ1v) is 5.93. The van der Waals surface area contributed by atoms with Crippen LogP contribution in [0.15, 0.2) is 41.0 Å². The van der Waals surface area contributed by atoms with E-state index in [0.717, 1.165) is 27.0 Å². The van der Waals surface area contributed by atoms with Crippen LogP contribution < -0.4 is 4.74 Å². The highest BCUT2D eigenvalue weighted by Crippen LogP contribution is 2.31. The van der Waals surface area contributed by atoms with Crippen LogP contribution in [0, 0.1) is 0 Å². The highest BCUT2D eigenvalue weighted by molar-refractivity contribution is 9.10. The van der Waals surface area contributed by atoms with Crippen LogP contribution in [0.25, 0.3) is 11.3 Å². The van der Waals surface area contributed by atoms with Gasteiger partial charge in [-0.15, -0.1) is 0 Å². The summed E-state index contributed by atoms with van der Waals surface area (Å²) < 4.78 is 6.27. The summed E-state index contributed by atoms with van der Waals surface area (Å²) in [5.41, 5.74) is 2.54. The van der Waals surface area contributed by atoms with Crippen molar-refractivity contribution in [3.05, 3.63) is 46.6 Å². The average molecular weight is 294 g/mol. The average Bonchev–Trinajstić information content (AvgIpc) is 2.39. The number of rotatable bonds is 3. The predicted molar refractivity (Wildman–Crippen MR) is 69.8 cm³/mol. The summed E-state index contributed by atoms with van der Waals surface area (Å²) in [7, 11) is 1.63. The number of hydrogen-bond donors (Lipinski definition) is 1. The SMILES string of the molecule is COc1ccc(Br)cc1-c1ccc(CO)cn1. The van der Waals surface area contributed by atoms with E-state index in [0.29, 0.717) is 0 Å². The topological polar surface area (TPSA) is 42.4 Å². The number of pyridine rings is 1. The van der Waals surface area contributed by atoms with Crippen LogP contribution in [0.4, 0.5) is 0 Å². The molecule has 1 aromatic carbocycles. The lowest BCUT2D eigenvalue weighted by atomic mass is 10.1. The smallest absolute Gasteiger partial charge is 0.128 e. The number of aromatic nitrogens is 1. The Morgan fingerprint density at radius 1 is 1.29 bits per heavy atom. The van der Waals surface area contributed by atoms with E-state index in [1.165, 1.54) is 0 Å². The molecule has 0 aliphatic heterocycles. The van der Waals surface area contributed by atoms with Crippen LogP contribution in [0.3, 0.4) is 0 Å². The van der Waals surface area contributed by atoms with Crippen molar-refractivity contribution in [2.75, 3.05) is 7.11 Å². The van der Waals surface area contributed by atoms with Crippen molar-refractivity contribution in [3.63, 3.8) is 0 Å². The molecule has 0 atom stereocenters. The number of hydrogen-bond acceptors (Lipinski definition) is 3. The summed E-state index contributed by atoms with van der Waals surface area (Å²) in [4.78, 5) is 4.31. The molecule has 0 saturated heterocycles. The van der Waals surface area contributed by atoms with Gasteiger partial charge in [-0.1, -0.05) is 22.0 Å². The number of aliphatic hydroxyl groups is 1. The molecular formula is C13H12BrNO2. The third kappa shape index (κ3) is 2.65. The van der Waals surface area contributed by atoms with Crippen molar-refractivity contribution < 1.29 is 9.84 Å². The molecule has 0 spiro atoms. The standard InChI is InChI=1S/C13H12BrNO2/c1-17-13-5-3-10(14)6-11(13)12-4-2-9(8-16)7-15-12/h2-7,16H,8H2,1H3. The van der Waals surface area contributed by atoms with Gasteiger partial charge in [0, 0.05) is 16.2 Å². The van der Waals surface area contributed by atoms with Gasteiger partial charge in [-0.25, -0.2) is 0 Å². The Bertz CT molecular complexity index is 511. The van der Waals surface area contributed by atoms with Crippen LogP contribution in [0.2, 0.25) is 0 Å². The first kappa shape index (κ1) is 12.1. The molecule has 1 aromatic heterocycles. The molecule has 88 valence electrons. The third-order valence-electron chi connectivity index (χ3n) is 2.44. The van der Waals surface area contributed by atoms with Crippen molar-refractivity contribution in [1.82, 2.24) is 4.98 Å². The molecule has 0 fully saturated rings. The van der Waals surface area contributed by atoms with Crippen molar-refractivity contribution in [1.29, 1.82) is 0 Å². The van der Waals surface area contributed by atoms with Crippen molar-refractivity contribution >= 4 is 15.9 Å². The highest BCUT2D eigenvalue weighted by Gasteiger charge is 2.07. The first-order chi connectivity index (χ1) is 8.24. The van der Waals surface area contributed by atoms with Crippen molar-refractivity contribution in [3.8, 4) is 17.0 Å². The third-order valence-corrected chi connectivity index (χ3v) is 2.94. The molecule has 0 radical (unpaired) electrons. The van der Waals surface area contributed by atoms with Gasteiger partial charge in [0.2, 0.25) is 0 Å². The van der Waals surface area contributed by atoms with E-state index >= 15 is 0 Å². The Hall–Kier alpha value is -1.39. The maximum absolute atomic E-state index is 8.97. The zero-order valence-corrected chi connectivity index (χ0v) is 10.9. The zero-order valence-electron chi connectivity index (χ0n) is 9.35. The summed E-state index contributed by atoms with van der Waals surface area (Å²) in [5.74, 6) is 0.775. The first-order valence-electron chi connectivity index (χ1n) is 5.14. The fourth-order valence-corrected chi connectivity index (χ4v) is 1.92. The minimum absolute atomic E-state index is 0.00288. The lowest BCUT2D eigenvalue weighted by Gasteiger charge is -2.08. The van der Waals surface area contributed by atoms with E-state index in [2.05, 4.69) is 20.9 Å². The Morgan fingerprint density at radius 2 is 2.12 bits per heavy atom. The molecule has 17 heavy (non-hydrogen) atoms. The zero-order chi connectivity index (χ0) is 12.3. The minimum Gasteiger partial charge on any atom is -0.496 e. The van der Waals surface area contributed by atoms with Gasteiger partial charge in [-0.2, -0.15) is 0 Å². The molecule has 2 rings (SSSR count). The van der Waals surface area contributed by atoms with Crippen LogP contribution in [-0.4, -0.2) is 17.2 Å². The molecule has 0 bridgehead atoms. The van der Waals surface area contributed by atoms with Gasteiger partial charge in [-0.05, 0) is 29.8 Å². The van der Waals surface area contributed by atoms with Crippen LogP contribution in [-0.2, 0) is 6.61 Å². The fraction of sp³-hybridized carbons (Fsp3) is 0.154. The largest absolute Gasteiger partial charge is 0.496 e. The van der Waals surface area contributed by atoms with E-state index in [1.54, 1.807) is 13.3 Å². The van der Waals surface area contributed by atoms with E-state index in [-0.39, 0.29) is 6.61 Å². The summed E-state index contributed by atoms with van der Waals surface area (Å²) >= 11 is 3.43. The lowest BCUT2D eigenvalue weighted by Crippen LogP contribution is -1.91. The van der Waals surface area contributed by atoms with E-state index in [1.807, 2.05) is 30.3 Å². The van der Waals surface area contributed by atoms with E-state index < -0.39 is 0 Å². The number of ether oxygens (including phenoxy) is 1. The Kier molecular flexibility index (Phi) is 3.76. The number of nitrogens with zero attached hydrogens (tertiary/aromatic N) is 1. The van der Waals surface area contributed by atoms with Gasteiger partial charge in [-0.3, -0.25) is 4.98 Å². The molecule has 1 N–H and O–H groups in total. The van der Waals surface area contributed by atoms with E-state index in [9.17, 15) is 0 Å². The molecule has 0 aliphatic rings. The molecule has 0 aliphatic carbocycles. The van der Waals surface area contributed by atoms with Crippen molar-refractivity contribution in [2.24, 2.45) is 0 Å². The Labute approximate surface area is 108 Å². The normalized spacial score (nSPS) is 10.3. The number of benzene rings is 1. The second-order valence-corrected chi connectivity index (χ2v) is 4.47. The molecule has 2 aromatic rings. The second kappa shape index (κ2) is 5.29. The summed E-state index contributed by atoms with van der Waals surface area (Å²) in [6, 6.07) is 9.49. The number of aliphatic hydroxyl groups excluding tert-OH is 1. The van der Waals surface area contributed by atoms with Crippen LogP contribution in [0.5, 0.6) is 5.75 Å². The van der Waals surface area contributed by atoms with Gasteiger partial charge in [0.05, 0.1) is 19.4 Å². The monoisotopic (exact) mass is 293 g/mol. The minimum atomic E-state index is 0.00288. The Morgan fingerprint density at radius 3 is 2.71 bits per heavy atom. The van der Waals surface area contributed by atoms with Gasteiger partial charge < -0.3 is 9.84 Å². The molecule has 4 heteroatoms. The maximum Gasteiger partial charge on any atom is 0.128 e. The molecule has 0 amide bonds. The molecule has 1 heterocycles. The van der Waals surface area contributed by atoms with Crippen molar-refractivity contribution in [2.45, 2.75) is 6.61 Å². The predicted octanol–water partition coefficient (Wildman–Crippen LogP) is 3.01. The maximum atomic E-state index is 8.97. The summed E-state index contributed by atoms with van der Waals surface area (Å²) in [5, 5.41) is 8.97. The van der Waals surface area contributed by atoms with E-state index in [4.69, 9.17) is 9.84 Å². The van der Waals surface area contributed by atoms with Gasteiger partial charge >= 0.3 is 0 Å². The number of methoxy groups -OCH3 is 1. The number of halogens is 1. The summed E-state index contributed by atoms with van der Waals surface area (Å²) in [6.07, 6.45) is 1.66. The molecule has 0 unspecified atom stereocenters. The van der Waals surface area contributed by atoms with Crippen LogP contribution in [0.1, 0.15) is 5.56 Å². The molecule has 0 saturated carbocycles. The van der Waals surface area contributed by atoms with Gasteiger partial charge in [0.15, 0.2) is 0 Å². The fourth-order valence-electron chi connectivity index (χ4n) is 1.56. The van der Waals surface area contributed by atoms with Crippen LogP contribution >= 0.6 is 15.9 Å². The van der Waals surface area contributed by atoms with Gasteiger partial charge in [0.25, 0.3) is 0 Å². The Balaban J connectivity index is 2.47. The molecule has 3 nitrogen and oxygen atoms in total. The summed E-state index contributed by atoms with van der Waals surface area (Å²) in [6.45, 7) is 0.00288. The highest BCUT2D eigenvalue weighted by atomic mass is 79.9. The lowest BCUT2D eigenvalue weighted by molar-refractivity contribution is 0.281.